The maximum Gasteiger partial charge on any atom is 0.261 e. The van der Waals surface area contributed by atoms with Crippen molar-refractivity contribution in [3.63, 3.8) is 0 Å². The molecule has 1 saturated heterocycles. The van der Waals surface area contributed by atoms with Crippen molar-refractivity contribution in [2.75, 3.05) is 41.5 Å². The lowest BCUT2D eigenvalue weighted by molar-refractivity contribution is -0.137. The van der Waals surface area contributed by atoms with Crippen LogP contribution < -0.4 is 18.9 Å². The average Bonchev–Trinajstić information content (AvgIpc) is 3.15. The third-order valence-corrected chi connectivity index (χ3v) is 6.94. The predicted molar refractivity (Wildman–Crippen MR) is 135 cm³/mol. The van der Waals surface area contributed by atoms with Crippen molar-refractivity contribution >= 4 is 17.5 Å². The van der Waals surface area contributed by atoms with Crippen molar-refractivity contribution in [1.82, 2.24) is 9.91 Å². The van der Waals surface area contributed by atoms with Gasteiger partial charge in [-0.05, 0) is 57.0 Å². The fourth-order valence-corrected chi connectivity index (χ4v) is 4.85. The van der Waals surface area contributed by atoms with Crippen LogP contribution in [-0.2, 0) is 4.79 Å². The van der Waals surface area contributed by atoms with E-state index in [1.807, 2.05) is 32.0 Å². The molecule has 0 aromatic heterocycles. The van der Waals surface area contributed by atoms with E-state index in [4.69, 9.17) is 24.0 Å². The van der Waals surface area contributed by atoms with Crippen molar-refractivity contribution in [1.29, 1.82) is 0 Å². The number of ether oxygens (including phenoxy) is 4. The number of carbonyl (C=O) groups is 2. The average molecular weight is 496 g/mol. The van der Waals surface area contributed by atoms with Gasteiger partial charge in [-0.15, -0.1) is 0 Å². The number of hydrogen-bond acceptors (Lipinski definition) is 7. The van der Waals surface area contributed by atoms with Gasteiger partial charge in [-0.25, -0.2) is 5.01 Å². The molecule has 0 bridgehead atoms. The van der Waals surface area contributed by atoms with Gasteiger partial charge in [0.1, 0.15) is 17.1 Å². The summed E-state index contributed by atoms with van der Waals surface area (Å²) in [6.07, 6.45) is 1.24. The zero-order chi connectivity index (χ0) is 26.0. The molecule has 2 aromatic rings. The molecule has 0 spiro atoms. The summed E-state index contributed by atoms with van der Waals surface area (Å²) >= 11 is 0. The van der Waals surface area contributed by atoms with Gasteiger partial charge in [0.2, 0.25) is 0 Å². The molecule has 2 amide bonds. The van der Waals surface area contributed by atoms with Gasteiger partial charge in [0, 0.05) is 18.7 Å². The molecular weight excluding hydrogens is 462 g/mol. The molecule has 1 fully saturated rings. The van der Waals surface area contributed by atoms with Gasteiger partial charge in [0.05, 0.1) is 45.6 Å². The van der Waals surface area contributed by atoms with Crippen LogP contribution in [0.1, 0.15) is 42.6 Å². The lowest BCUT2D eigenvalue weighted by Gasteiger charge is -2.36. The Bertz CT molecular complexity index is 1160. The minimum Gasteiger partial charge on any atom is -0.496 e. The molecule has 0 unspecified atom stereocenters. The molecule has 9 heteroatoms. The van der Waals surface area contributed by atoms with E-state index in [1.165, 1.54) is 14.2 Å². The fraction of sp³-hybridized carbons (Fsp3) is 0.444. The summed E-state index contributed by atoms with van der Waals surface area (Å²) in [6.45, 7) is 4.77. The van der Waals surface area contributed by atoms with Crippen molar-refractivity contribution in [3.8, 4) is 23.0 Å². The zero-order valence-corrected chi connectivity index (χ0v) is 21.7. The van der Waals surface area contributed by atoms with Crippen LogP contribution in [0.5, 0.6) is 23.0 Å². The Morgan fingerprint density at radius 3 is 2.03 bits per heavy atom. The second kappa shape index (κ2) is 10.1. The minimum atomic E-state index is -0.794. The first kappa shape index (κ1) is 25.3. The third-order valence-electron chi connectivity index (χ3n) is 6.94. The molecule has 2 aromatic carbocycles. The first-order chi connectivity index (χ1) is 17.3. The first-order valence-electron chi connectivity index (χ1n) is 11.9. The van der Waals surface area contributed by atoms with Crippen LogP contribution >= 0.6 is 0 Å². The van der Waals surface area contributed by atoms with Crippen molar-refractivity contribution in [2.24, 2.45) is 10.5 Å². The molecule has 2 aliphatic rings. The number of rotatable bonds is 7. The first-order valence-corrected chi connectivity index (χ1v) is 11.9. The van der Waals surface area contributed by atoms with Gasteiger partial charge in [-0.2, -0.15) is 5.10 Å². The lowest BCUT2D eigenvalue weighted by Crippen LogP contribution is -2.47. The van der Waals surface area contributed by atoms with E-state index in [1.54, 1.807) is 42.3 Å². The van der Waals surface area contributed by atoms with Crippen molar-refractivity contribution in [3.05, 3.63) is 47.5 Å². The summed E-state index contributed by atoms with van der Waals surface area (Å²) in [7, 11) is 6.23. The van der Waals surface area contributed by atoms with Gasteiger partial charge in [0.15, 0.2) is 11.5 Å². The van der Waals surface area contributed by atoms with Gasteiger partial charge < -0.3 is 23.8 Å². The summed E-state index contributed by atoms with van der Waals surface area (Å²) in [4.78, 5) is 28.6. The highest BCUT2D eigenvalue weighted by atomic mass is 16.5. The van der Waals surface area contributed by atoms with E-state index < -0.39 is 5.41 Å². The normalized spacial score (nSPS) is 17.6. The van der Waals surface area contributed by atoms with E-state index in [9.17, 15) is 9.59 Å². The van der Waals surface area contributed by atoms with E-state index >= 15 is 0 Å². The van der Waals surface area contributed by atoms with Gasteiger partial charge in [-0.3, -0.25) is 9.59 Å². The molecule has 4 rings (SSSR count). The highest BCUT2D eigenvalue weighted by molar-refractivity contribution is 6.19. The fourth-order valence-electron chi connectivity index (χ4n) is 4.85. The Morgan fingerprint density at radius 2 is 1.47 bits per heavy atom. The highest BCUT2D eigenvalue weighted by Crippen LogP contribution is 2.38. The molecule has 0 radical (unpaired) electrons. The largest absolute Gasteiger partial charge is 0.496 e. The molecule has 36 heavy (non-hydrogen) atoms. The third kappa shape index (κ3) is 4.34. The summed E-state index contributed by atoms with van der Waals surface area (Å²) in [6, 6.07) is 10.7. The molecule has 0 atom stereocenters. The van der Waals surface area contributed by atoms with E-state index in [-0.39, 0.29) is 17.9 Å². The number of nitrogens with zero attached hydrogens (tertiary/aromatic N) is 3. The van der Waals surface area contributed by atoms with Crippen LogP contribution in [-0.4, -0.2) is 75.0 Å². The number of hydrogen-bond donors (Lipinski definition) is 0. The number of benzene rings is 2. The molecule has 2 heterocycles. The Morgan fingerprint density at radius 1 is 0.889 bits per heavy atom. The Kier molecular flexibility index (Phi) is 7.10. The molecule has 192 valence electrons. The number of piperidine rings is 1. The van der Waals surface area contributed by atoms with Gasteiger partial charge in [-0.1, -0.05) is 6.07 Å². The molecule has 0 saturated carbocycles. The van der Waals surface area contributed by atoms with E-state index in [0.717, 1.165) is 5.56 Å². The highest BCUT2D eigenvalue weighted by Gasteiger charge is 2.47. The van der Waals surface area contributed by atoms with Crippen molar-refractivity contribution in [2.45, 2.75) is 32.7 Å². The second-order valence-corrected chi connectivity index (χ2v) is 9.35. The summed E-state index contributed by atoms with van der Waals surface area (Å²) < 4.78 is 21.6. The van der Waals surface area contributed by atoms with Crippen LogP contribution in [0.3, 0.4) is 0 Å². The minimum absolute atomic E-state index is 0.0524. The smallest absolute Gasteiger partial charge is 0.261 e. The number of likely N-dealkylation sites (tertiary alicyclic amines) is 1. The summed E-state index contributed by atoms with van der Waals surface area (Å²) in [5.74, 6) is 1.94. The van der Waals surface area contributed by atoms with E-state index in [0.29, 0.717) is 60.2 Å². The summed E-state index contributed by atoms with van der Waals surface area (Å²) in [5.41, 5.74) is 1.11. The zero-order valence-electron chi connectivity index (χ0n) is 21.7. The van der Waals surface area contributed by atoms with Crippen LogP contribution in [0.4, 0.5) is 0 Å². The quantitative estimate of drug-likeness (QED) is 0.583. The second-order valence-electron chi connectivity index (χ2n) is 9.35. The van der Waals surface area contributed by atoms with Crippen LogP contribution in [0.25, 0.3) is 0 Å². The number of carbonyl (C=O) groups excluding carboxylic acids is 2. The Labute approximate surface area is 211 Å². The standard InChI is InChI=1S/C27H33N3O6/c1-27(2)24(17-10-11-19(33-3)22(16-17)36-6)28-30(26(27)32)18-12-14-29(15-13-18)25(31)23-20(34-4)8-7-9-21(23)35-5/h7-11,16,18H,12-15H2,1-6H3. The van der Waals surface area contributed by atoms with Gasteiger partial charge in [0.25, 0.3) is 11.8 Å². The predicted octanol–water partition coefficient (Wildman–Crippen LogP) is 3.60. The lowest BCUT2D eigenvalue weighted by atomic mass is 9.83. The van der Waals surface area contributed by atoms with Crippen LogP contribution in [0, 0.1) is 5.41 Å². The number of methoxy groups -OCH3 is 4. The molecule has 0 aliphatic carbocycles. The molecule has 9 nitrogen and oxygen atoms in total. The monoisotopic (exact) mass is 495 g/mol. The van der Waals surface area contributed by atoms with Crippen LogP contribution in [0.2, 0.25) is 0 Å². The number of hydrazone groups is 1. The molecular formula is C27H33N3O6. The molecule has 2 aliphatic heterocycles. The Balaban J connectivity index is 1.53. The molecule has 0 N–H and O–H groups in total. The topological polar surface area (TPSA) is 89.9 Å². The van der Waals surface area contributed by atoms with Crippen LogP contribution in [0.15, 0.2) is 41.5 Å². The SMILES string of the molecule is COc1ccc(C2=NN(C3CCN(C(=O)c4c(OC)cccc4OC)CC3)C(=O)C2(C)C)cc1OC. The van der Waals surface area contributed by atoms with Crippen molar-refractivity contribution < 1.29 is 28.5 Å². The summed E-state index contributed by atoms with van der Waals surface area (Å²) in [5, 5.41) is 6.40. The Hall–Kier alpha value is -3.75. The maximum atomic E-state index is 13.4. The van der Waals surface area contributed by atoms with E-state index in [2.05, 4.69) is 0 Å². The van der Waals surface area contributed by atoms with Gasteiger partial charge >= 0.3 is 0 Å². The maximum absolute atomic E-state index is 13.4. The number of amides is 2.